The standard InChI is InChI=1S/C22H31FN2O3S/c23-18-6-3-5-17(13-18)14-20-9-4-11-24(20)15-22(26)25(19-7-1-2-8-19)21-10-12-29(27,28)16-21/h3,5-6,13,19-21H,1-2,4,7-12,14-16H2/t20-,21-/m1/s1. The monoisotopic (exact) mass is 422 g/mol. The molecule has 7 heteroatoms. The molecular formula is C22H31FN2O3S. The van der Waals surface area contributed by atoms with Crippen molar-refractivity contribution in [1.29, 1.82) is 0 Å². The van der Waals surface area contributed by atoms with E-state index in [1.54, 1.807) is 12.1 Å². The van der Waals surface area contributed by atoms with E-state index in [9.17, 15) is 17.6 Å². The normalized spacial score (nSPS) is 27.5. The van der Waals surface area contributed by atoms with Crippen molar-refractivity contribution in [3.05, 3.63) is 35.6 Å². The van der Waals surface area contributed by atoms with Crippen molar-refractivity contribution in [2.24, 2.45) is 0 Å². The van der Waals surface area contributed by atoms with Crippen LogP contribution in [0.3, 0.4) is 0 Å². The van der Waals surface area contributed by atoms with E-state index in [4.69, 9.17) is 0 Å². The number of nitrogens with zero attached hydrogens (tertiary/aromatic N) is 2. The van der Waals surface area contributed by atoms with E-state index in [-0.39, 0.29) is 41.4 Å². The van der Waals surface area contributed by atoms with Crippen molar-refractivity contribution in [2.75, 3.05) is 24.6 Å². The van der Waals surface area contributed by atoms with Crippen LogP contribution >= 0.6 is 0 Å². The Kier molecular flexibility index (Phi) is 6.25. The molecule has 1 saturated carbocycles. The summed E-state index contributed by atoms with van der Waals surface area (Å²) in [5.74, 6) is 0.158. The summed E-state index contributed by atoms with van der Waals surface area (Å²) in [6.07, 6.45) is 7.53. The molecule has 1 aromatic carbocycles. The molecule has 5 nitrogen and oxygen atoms in total. The summed E-state index contributed by atoms with van der Waals surface area (Å²) in [6.45, 7) is 1.21. The molecule has 0 spiro atoms. The largest absolute Gasteiger partial charge is 0.335 e. The number of hydrogen-bond acceptors (Lipinski definition) is 4. The first-order chi connectivity index (χ1) is 13.9. The van der Waals surface area contributed by atoms with Crippen LogP contribution in [0.4, 0.5) is 4.39 Å². The molecule has 3 aliphatic rings. The van der Waals surface area contributed by atoms with Crippen LogP contribution in [-0.4, -0.2) is 66.8 Å². The van der Waals surface area contributed by atoms with Crippen molar-refractivity contribution in [3.8, 4) is 0 Å². The Morgan fingerprint density at radius 1 is 1.10 bits per heavy atom. The minimum absolute atomic E-state index is 0.0742. The van der Waals surface area contributed by atoms with Gasteiger partial charge in [0.1, 0.15) is 5.82 Å². The Hall–Kier alpha value is -1.47. The van der Waals surface area contributed by atoms with Gasteiger partial charge in [-0.05, 0) is 62.8 Å². The molecule has 0 unspecified atom stereocenters. The average Bonchev–Trinajstić information content (AvgIpc) is 3.39. The van der Waals surface area contributed by atoms with Crippen molar-refractivity contribution in [3.63, 3.8) is 0 Å². The maximum absolute atomic E-state index is 13.5. The van der Waals surface area contributed by atoms with Gasteiger partial charge in [0, 0.05) is 18.1 Å². The number of carbonyl (C=O) groups is 1. The maximum atomic E-state index is 13.5. The third-order valence-corrected chi connectivity index (χ3v) is 8.56. The van der Waals surface area contributed by atoms with Gasteiger partial charge in [0.2, 0.25) is 5.91 Å². The molecule has 2 atom stereocenters. The molecule has 4 rings (SSSR count). The highest BCUT2D eigenvalue weighted by molar-refractivity contribution is 7.91. The minimum Gasteiger partial charge on any atom is -0.335 e. The molecule has 160 valence electrons. The second kappa shape index (κ2) is 8.72. The summed E-state index contributed by atoms with van der Waals surface area (Å²) >= 11 is 0. The highest BCUT2D eigenvalue weighted by Gasteiger charge is 2.40. The number of rotatable bonds is 6. The number of benzene rings is 1. The van der Waals surface area contributed by atoms with Crippen LogP contribution in [0.5, 0.6) is 0 Å². The van der Waals surface area contributed by atoms with Gasteiger partial charge in [-0.1, -0.05) is 25.0 Å². The summed E-state index contributed by atoms with van der Waals surface area (Å²) in [7, 11) is -3.03. The zero-order chi connectivity index (χ0) is 20.4. The second-order valence-corrected chi connectivity index (χ2v) is 11.1. The van der Waals surface area contributed by atoms with Gasteiger partial charge in [-0.15, -0.1) is 0 Å². The van der Waals surface area contributed by atoms with E-state index in [2.05, 4.69) is 4.90 Å². The fourth-order valence-electron chi connectivity index (χ4n) is 5.41. The number of sulfone groups is 1. The van der Waals surface area contributed by atoms with E-state index in [1.807, 2.05) is 11.0 Å². The van der Waals surface area contributed by atoms with Crippen LogP contribution in [0.1, 0.15) is 50.5 Å². The predicted molar refractivity (Wildman–Crippen MR) is 111 cm³/mol. The SMILES string of the molecule is O=C(CN1CCC[C@@H]1Cc1cccc(F)c1)N(C1CCCC1)[C@@H]1CCS(=O)(=O)C1. The van der Waals surface area contributed by atoms with E-state index >= 15 is 0 Å². The van der Waals surface area contributed by atoms with Crippen molar-refractivity contribution >= 4 is 15.7 Å². The van der Waals surface area contributed by atoms with Crippen molar-refractivity contribution < 1.29 is 17.6 Å². The van der Waals surface area contributed by atoms with Gasteiger partial charge < -0.3 is 4.90 Å². The molecule has 1 amide bonds. The number of hydrogen-bond donors (Lipinski definition) is 0. The molecular weight excluding hydrogens is 391 g/mol. The molecule has 29 heavy (non-hydrogen) atoms. The van der Waals surface area contributed by atoms with Gasteiger partial charge in [0.25, 0.3) is 0 Å². The third-order valence-electron chi connectivity index (χ3n) is 6.81. The van der Waals surface area contributed by atoms with Crippen molar-refractivity contribution in [1.82, 2.24) is 9.80 Å². The van der Waals surface area contributed by atoms with Gasteiger partial charge in [0.15, 0.2) is 9.84 Å². The average molecular weight is 423 g/mol. The van der Waals surface area contributed by atoms with E-state index in [1.165, 1.54) is 6.07 Å². The molecule has 2 heterocycles. The fraction of sp³-hybridized carbons (Fsp3) is 0.682. The molecule has 2 saturated heterocycles. The minimum atomic E-state index is -3.03. The Bertz CT molecular complexity index is 838. The van der Waals surface area contributed by atoms with E-state index in [0.29, 0.717) is 13.0 Å². The molecule has 0 radical (unpaired) electrons. The first kappa shape index (κ1) is 20.8. The maximum Gasteiger partial charge on any atom is 0.237 e. The molecule has 3 fully saturated rings. The highest BCUT2D eigenvalue weighted by atomic mass is 32.2. The lowest BCUT2D eigenvalue weighted by Gasteiger charge is -2.36. The second-order valence-electron chi connectivity index (χ2n) is 8.90. The van der Waals surface area contributed by atoms with Crippen molar-refractivity contribution in [2.45, 2.75) is 69.5 Å². The van der Waals surface area contributed by atoms with Gasteiger partial charge >= 0.3 is 0 Å². The Morgan fingerprint density at radius 2 is 1.90 bits per heavy atom. The number of amides is 1. The van der Waals surface area contributed by atoms with Crippen LogP contribution in [0.25, 0.3) is 0 Å². The van der Waals surface area contributed by atoms with E-state index in [0.717, 1.165) is 57.1 Å². The van der Waals surface area contributed by atoms with Crippen LogP contribution in [0.15, 0.2) is 24.3 Å². The van der Waals surface area contributed by atoms with Crippen LogP contribution < -0.4 is 0 Å². The molecule has 0 aromatic heterocycles. The fourth-order valence-corrected chi connectivity index (χ4v) is 7.12. The summed E-state index contributed by atoms with van der Waals surface area (Å²) in [6, 6.07) is 6.96. The van der Waals surface area contributed by atoms with Crippen LogP contribution in [-0.2, 0) is 21.1 Å². The first-order valence-electron chi connectivity index (χ1n) is 10.9. The lowest BCUT2D eigenvalue weighted by Crippen LogP contribution is -2.51. The first-order valence-corrected chi connectivity index (χ1v) is 12.7. The zero-order valence-corrected chi connectivity index (χ0v) is 17.7. The Morgan fingerprint density at radius 3 is 2.59 bits per heavy atom. The summed E-state index contributed by atoms with van der Waals surface area (Å²) in [5, 5.41) is 0. The lowest BCUT2D eigenvalue weighted by molar-refractivity contribution is -0.137. The topological polar surface area (TPSA) is 57.7 Å². The predicted octanol–water partition coefficient (Wildman–Crippen LogP) is 2.79. The molecule has 1 aromatic rings. The number of likely N-dealkylation sites (tertiary alicyclic amines) is 1. The van der Waals surface area contributed by atoms with Crippen LogP contribution in [0.2, 0.25) is 0 Å². The third kappa shape index (κ3) is 5.00. The van der Waals surface area contributed by atoms with Gasteiger partial charge in [-0.25, -0.2) is 12.8 Å². The molecule has 0 N–H and O–H groups in total. The number of halogens is 1. The van der Waals surface area contributed by atoms with Gasteiger partial charge in [-0.3, -0.25) is 9.69 Å². The highest BCUT2D eigenvalue weighted by Crippen LogP contribution is 2.30. The lowest BCUT2D eigenvalue weighted by atomic mass is 10.0. The van der Waals surface area contributed by atoms with Crippen LogP contribution in [0, 0.1) is 5.82 Å². The van der Waals surface area contributed by atoms with Gasteiger partial charge in [0.05, 0.1) is 18.1 Å². The van der Waals surface area contributed by atoms with E-state index < -0.39 is 9.84 Å². The molecule has 0 bridgehead atoms. The Labute approximate surface area is 173 Å². The molecule has 2 aliphatic heterocycles. The summed E-state index contributed by atoms with van der Waals surface area (Å²) < 4.78 is 37.6. The zero-order valence-electron chi connectivity index (χ0n) is 16.9. The summed E-state index contributed by atoms with van der Waals surface area (Å²) in [5.41, 5.74) is 0.962. The van der Waals surface area contributed by atoms with Gasteiger partial charge in [-0.2, -0.15) is 0 Å². The number of carbonyl (C=O) groups excluding carboxylic acids is 1. The summed E-state index contributed by atoms with van der Waals surface area (Å²) in [4.78, 5) is 17.5. The smallest absolute Gasteiger partial charge is 0.237 e. The molecule has 1 aliphatic carbocycles. The quantitative estimate of drug-likeness (QED) is 0.707. The Balaban J connectivity index is 1.44.